The lowest BCUT2D eigenvalue weighted by Gasteiger charge is -2.34. The van der Waals surface area contributed by atoms with Gasteiger partial charge in [0, 0.05) is 31.5 Å². The molecule has 0 aromatic heterocycles. The van der Waals surface area contributed by atoms with Gasteiger partial charge in [-0.25, -0.2) is 4.39 Å². The Morgan fingerprint density at radius 3 is 2.63 bits per heavy atom. The van der Waals surface area contributed by atoms with Gasteiger partial charge in [-0.1, -0.05) is 18.2 Å². The Balaban J connectivity index is 0.00000261. The molecule has 1 heterocycles. The van der Waals surface area contributed by atoms with E-state index in [1.165, 1.54) is 12.1 Å². The number of carbonyl (C=O) groups is 1. The fourth-order valence-electron chi connectivity index (χ4n) is 3.01. The summed E-state index contributed by atoms with van der Waals surface area (Å²) in [7, 11) is 0. The predicted octanol–water partition coefficient (Wildman–Crippen LogP) is 3.52. The minimum absolute atomic E-state index is 0. The summed E-state index contributed by atoms with van der Waals surface area (Å²) in [5.74, 6) is 0.210. The van der Waals surface area contributed by atoms with Gasteiger partial charge in [0.2, 0.25) is 5.91 Å². The van der Waals surface area contributed by atoms with Gasteiger partial charge in [0.25, 0.3) is 0 Å². The van der Waals surface area contributed by atoms with Crippen LogP contribution in [0.3, 0.4) is 0 Å². The van der Waals surface area contributed by atoms with Gasteiger partial charge >= 0.3 is 0 Å². The van der Waals surface area contributed by atoms with Crippen molar-refractivity contribution in [2.75, 3.05) is 25.1 Å². The third-order valence-corrected chi connectivity index (χ3v) is 4.71. The first-order valence-electron chi connectivity index (χ1n) is 8.68. The maximum atomic E-state index is 13.2. The molecule has 5 nitrogen and oxygen atoms in total. The maximum absolute atomic E-state index is 13.2. The number of carbonyl (C=O) groups excluding carboxylic acids is 1. The lowest BCUT2D eigenvalue weighted by atomic mass is 9.79. The van der Waals surface area contributed by atoms with E-state index in [4.69, 9.17) is 15.2 Å². The Labute approximate surface area is 164 Å². The number of halogens is 2. The molecule has 0 saturated carbocycles. The van der Waals surface area contributed by atoms with Crippen LogP contribution in [0.5, 0.6) is 5.75 Å². The van der Waals surface area contributed by atoms with Crippen molar-refractivity contribution in [3.05, 3.63) is 59.9 Å². The number of hydrogen-bond acceptors (Lipinski definition) is 4. The molecule has 1 amide bonds. The van der Waals surface area contributed by atoms with Crippen molar-refractivity contribution in [1.29, 1.82) is 0 Å². The number of amides is 1. The first kappa shape index (κ1) is 21.2. The van der Waals surface area contributed by atoms with Crippen LogP contribution in [0.4, 0.5) is 10.1 Å². The summed E-state index contributed by atoms with van der Waals surface area (Å²) in [6.45, 7) is 1.63. The first-order chi connectivity index (χ1) is 12.6. The number of nitrogens with two attached hydrogens (primary N) is 1. The zero-order chi connectivity index (χ0) is 18.4. The van der Waals surface area contributed by atoms with Gasteiger partial charge < -0.3 is 20.5 Å². The van der Waals surface area contributed by atoms with Crippen molar-refractivity contribution in [3.63, 3.8) is 0 Å². The van der Waals surface area contributed by atoms with Gasteiger partial charge in [0.1, 0.15) is 18.2 Å². The molecule has 3 N–H and O–H groups in total. The second kappa shape index (κ2) is 9.69. The van der Waals surface area contributed by atoms with Gasteiger partial charge in [0.05, 0.1) is 5.41 Å². The van der Waals surface area contributed by atoms with Crippen LogP contribution in [0.1, 0.15) is 18.4 Å². The fourth-order valence-corrected chi connectivity index (χ4v) is 3.01. The summed E-state index contributed by atoms with van der Waals surface area (Å²) >= 11 is 0. The van der Waals surface area contributed by atoms with Crippen LogP contribution >= 0.6 is 12.4 Å². The number of ether oxygens (including phenoxy) is 2. The fraction of sp³-hybridized carbons (Fsp3) is 0.350. The molecule has 146 valence electrons. The Bertz CT molecular complexity index is 766. The van der Waals surface area contributed by atoms with E-state index in [0.29, 0.717) is 37.5 Å². The first-order valence-corrected chi connectivity index (χ1v) is 8.68. The Morgan fingerprint density at radius 1 is 1.19 bits per heavy atom. The van der Waals surface area contributed by atoms with E-state index in [0.717, 1.165) is 5.56 Å². The monoisotopic (exact) mass is 394 g/mol. The highest BCUT2D eigenvalue weighted by Gasteiger charge is 2.38. The smallest absolute Gasteiger partial charge is 0.232 e. The highest BCUT2D eigenvalue weighted by molar-refractivity contribution is 5.95. The van der Waals surface area contributed by atoms with Crippen LogP contribution < -0.4 is 15.8 Å². The average Bonchev–Trinajstić information content (AvgIpc) is 2.67. The van der Waals surface area contributed by atoms with Crippen LogP contribution in [0.2, 0.25) is 0 Å². The van der Waals surface area contributed by atoms with E-state index in [-0.39, 0.29) is 37.3 Å². The third-order valence-electron chi connectivity index (χ3n) is 4.71. The van der Waals surface area contributed by atoms with Gasteiger partial charge in [-0.2, -0.15) is 0 Å². The zero-order valence-corrected chi connectivity index (χ0v) is 15.8. The van der Waals surface area contributed by atoms with E-state index < -0.39 is 5.41 Å². The van der Waals surface area contributed by atoms with E-state index in [2.05, 4.69) is 5.32 Å². The van der Waals surface area contributed by atoms with Crippen molar-refractivity contribution in [1.82, 2.24) is 0 Å². The van der Waals surface area contributed by atoms with Gasteiger partial charge in [0.15, 0.2) is 0 Å². The summed E-state index contributed by atoms with van der Waals surface area (Å²) in [4.78, 5) is 12.7. The van der Waals surface area contributed by atoms with E-state index >= 15 is 0 Å². The number of nitrogens with one attached hydrogen (secondary N) is 1. The molecule has 1 saturated heterocycles. The quantitative estimate of drug-likeness (QED) is 0.786. The van der Waals surface area contributed by atoms with E-state index in [1.807, 2.05) is 0 Å². The molecule has 0 spiro atoms. The molecule has 0 aliphatic carbocycles. The summed E-state index contributed by atoms with van der Waals surface area (Å²) in [5.41, 5.74) is 6.67. The SMILES string of the molecule is Cl.NCC1(C(=O)Nc2cccc(OCc3cccc(F)c3)c2)CCOCC1. The highest BCUT2D eigenvalue weighted by atomic mass is 35.5. The lowest BCUT2D eigenvalue weighted by Crippen LogP contribution is -2.46. The predicted molar refractivity (Wildman–Crippen MR) is 105 cm³/mol. The van der Waals surface area contributed by atoms with E-state index in [9.17, 15) is 9.18 Å². The molecule has 1 fully saturated rings. The summed E-state index contributed by atoms with van der Waals surface area (Å²) in [6.07, 6.45) is 1.23. The van der Waals surface area contributed by atoms with E-state index in [1.54, 1.807) is 36.4 Å². The second-order valence-electron chi connectivity index (χ2n) is 6.50. The molecule has 1 aliphatic rings. The molecular weight excluding hydrogens is 371 g/mol. The molecule has 2 aromatic carbocycles. The number of anilines is 1. The Morgan fingerprint density at radius 2 is 1.93 bits per heavy atom. The van der Waals surface area contributed by atoms with Crippen molar-refractivity contribution in [2.45, 2.75) is 19.4 Å². The molecule has 0 bridgehead atoms. The number of rotatable bonds is 6. The van der Waals surface area contributed by atoms with Gasteiger partial charge in [-0.15, -0.1) is 12.4 Å². The Kier molecular flexibility index (Phi) is 7.59. The van der Waals surface area contributed by atoms with Crippen LogP contribution in [-0.4, -0.2) is 25.7 Å². The van der Waals surface area contributed by atoms with Crippen LogP contribution in [0.25, 0.3) is 0 Å². The van der Waals surface area contributed by atoms with Crippen LogP contribution in [-0.2, 0) is 16.1 Å². The topological polar surface area (TPSA) is 73.6 Å². The molecule has 2 aromatic rings. The molecule has 0 atom stereocenters. The standard InChI is InChI=1S/C20H23FN2O3.ClH/c21-16-4-1-3-15(11-16)13-26-18-6-2-5-17(12-18)23-19(24)20(14-22)7-9-25-10-8-20;/h1-6,11-12H,7-10,13-14,22H2,(H,23,24);1H. The van der Waals surface area contributed by atoms with Crippen molar-refractivity contribution in [3.8, 4) is 5.75 Å². The maximum Gasteiger partial charge on any atom is 0.232 e. The van der Waals surface area contributed by atoms with Crippen molar-refractivity contribution < 1.29 is 18.7 Å². The van der Waals surface area contributed by atoms with Crippen molar-refractivity contribution in [2.24, 2.45) is 11.1 Å². The molecule has 0 radical (unpaired) electrons. The second-order valence-corrected chi connectivity index (χ2v) is 6.50. The largest absolute Gasteiger partial charge is 0.489 e. The van der Waals surface area contributed by atoms with Gasteiger partial charge in [-0.3, -0.25) is 4.79 Å². The average molecular weight is 395 g/mol. The van der Waals surface area contributed by atoms with Crippen molar-refractivity contribution >= 4 is 24.0 Å². The zero-order valence-electron chi connectivity index (χ0n) is 14.9. The Hall–Kier alpha value is -2.15. The minimum atomic E-state index is -0.587. The third kappa shape index (κ3) is 5.42. The number of benzene rings is 2. The van der Waals surface area contributed by atoms with Crippen LogP contribution in [0, 0.1) is 11.2 Å². The normalized spacial score (nSPS) is 15.5. The molecule has 0 unspecified atom stereocenters. The molecule has 7 heteroatoms. The number of hydrogen-bond donors (Lipinski definition) is 2. The highest BCUT2D eigenvalue weighted by Crippen LogP contribution is 2.31. The molecule has 3 rings (SSSR count). The summed E-state index contributed by atoms with van der Waals surface area (Å²) < 4.78 is 24.3. The molecule has 1 aliphatic heterocycles. The molecular formula is C20H24ClFN2O3. The lowest BCUT2D eigenvalue weighted by molar-refractivity contribution is -0.130. The summed E-state index contributed by atoms with van der Waals surface area (Å²) in [5, 5.41) is 2.94. The van der Waals surface area contributed by atoms with Crippen LogP contribution in [0.15, 0.2) is 48.5 Å². The molecule has 27 heavy (non-hydrogen) atoms. The van der Waals surface area contributed by atoms with Gasteiger partial charge in [-0.05, 0) is 42.7 Å². The minimum Gasteiger partial charge on any atom is -0.489 e. The summed E-state index contributed by atoms with van der Waals surface area (Å²) in [6, 6.07) is 13.4.